The summed E-state index contributed by atoms with van der Waals surface area (Å²) in [5.74, 6) is 0.164. The predicted octanol–water partition coefficient (Wildman–Crippen LogP) is 5.05. The zero-order chi connectivity index (χ0) is 20.3. The number of hydrogen-bond acceptors (Lipinski definition) is 4. The molecule has 2 unspecified atom stereocenters. The van der Waals surface area contributed by atoms with Crippen molar-refractivity contribution in [3.05, 3.63) is 46.1 Å². The van der Waals surface area contributed by atoms with E-state index in [1.807, 2.05) is 45.0 Å². The number of rotatable bonds is 5. The molecule has 2 fully saturated rings. The highest BCUT2D eigenvalue weighted by molar-refractivity contribution is 6.30. The Hall–Kier alpha value is -1.72. The molecular weight excluding hydrogens is 376 g/mol. The van der Waals surface area contributed by atoms with Crippen molar-refractivity contribution >= 4 is 17.7 Å². The fourth-order valence-electron chi connectivity index (χ4n) is 3.60. The third kappa shape index (κ3) is 5.89. The number of amides is 1. The topological polar surface area (TPSA) is 64.8 Å². The van der Waals surface area contributed by atoms with Crippen LogP contribution in [0, 0.1) is 5.92 Å². The Morgan fingerprint density at radius 3 is 2.75 bits per heavy atom. The lowest BCUT2D eigenvalue weighted by atomic mass is 9.88. The molecule has 1 heterocycles. The van der Waals surface area contributed by atoms with Gasteiger partial charge in [-0.05, 0) is 69.7 Å². The van der Waals surface area contributed by atoms with Crippen LogP contribution < -0.4 is 5.73 Å². The van der Waals surface area contributed by atoms with Crippen LogP contribution >= 0.6 is 11.6 Å². The van der Waals surface area contributed by atoms with E-state index in [-0.39, 0.29) is 18.1 Å². The van der Waals surface area contributed by atoms with Gasteiger partial charge in [-0.2, -0.15) is 0 Å². The SMILES string of the molecule is CC(C)(C)OC(=O)N1CCCC(C(OCC(N)=C2CC2)c2cccc(Cl)c2)C1. The molecular formula is C22H31ClN2O3. The average molecular weight is 407 g/mol. The van der Waals surface area contributed by atoms with Gasteiger partial charge in [-0.1, -0.05) is 23.7 Å². The van der Waals surface area contributed by atoms with Crippen molar-refractivity contribution in [1.82, 2.24) is 4.90 Å². The molecule has 6 heteroatoms. The van der Waals surface area contributed by atoms with Crippen molar-refractivity contribution in [1.29, 1.82) is 0 Å². The van der Waals surface area contributed by atoms with E-state index in [0.717, 1.165) is 36.9 Å². The van der Waals surface area contributed by atoms with E-state index in [1.54, 1.807) is 4.90 Å². The van der Waals surface area contributed by atoms with Gasteiger partial charge in [0.1, 0.15) is 5.60 Å². The van der Waals surface area contributed by atoms with Gasteiger partial charge < -0.3 is 20.1 Å². The molecule has 2 aliphatic rings. The van der Waals surface area contributed by atoms with Gasteiger partial charge in [0.2, 0.25) is 0 Å². The van der Waals surface area contributed by atoms with Crippen molar-refractivity contribution in [2.75, 3.05) is 19.7 Å². The van der Waals surface area contributed by atoms with Crippen LogP contribution in [0.5, 0.6) is 0 Å². The molecule has 1 aliphatic carbocycles. The molecule has 1 aliphatic heterocycles. The lowest BCUT2D eigenvalue weighted by Gasteiger charge is -2.37. The van der Waals surface area contributed by atoms with Gasteiger partial charge >= 0.3 is 6.09 Å². The first kappa shape index (κ1) is 21.0. The molecule has 28 heavy (non-hydrogen) atoms. The average Bonchev–Trinajstić information content (AvgIpc) is 3.46. The molecule has 0 aromatic heterocycles. The molecule has 1 amide bonds. The van der Waals surface area contributed by atoms with E-state index in [0.29, 0.717) is 24.7 Å². The van der Waals surface area contributed by atoms with Crippen LogP contribution in [-0.4, -0.2) is 36.3 Å². The highest BCUT2D eigenvalue weighted by atomic mass is 35.5. The summed E-state index contributed by atoms with van der Waals surface area (Å²) in [4.78, 5) is 14.3. The Morgan fingerprint density at radius 1 is 1.36 bits per heavy atom. The third-order valence-corrected chi connectivity index (χ3v) is 5.32. The smallest absolute Gasteiger partial charge is 0.410 e. The molecule has 5 nitrogen and oxygen atoms in total. The van der Waals surface area contributed by atoms with E-state index >= 15 is 0 Å². The lowest BCUT2D eigenvalue weighted by molar-refractivity contribution is -0.0194. The molecule has 1 saturated carbocycles. The first-order valence-corrected chi connectivity index (χ1v) is 10.4. The third-order valence-electron chi connectivity index (χ3n) is 5.09. The van der Waals surface area contributed by atoms with Gasteiger partial charge in [-0.3, -0.25) is 0 Å². The molecule has 0 radical (unpaired) electrons. The first-order valence-electron chi connectivity index (χ1n) is 10.0. The zero-order valence-electron chi connectivity index (χ0n) is 17.0. The molecule has 0 bridgehead atoms. The van der Waals surface area contributed by atoms with Crippen LogP contribution in [0.1, 0.15) is 58.1 Å². The minimum atomic E-state index is -0.502. The number of nitrogens with two attached hydrogens (primary N) is 1. The number of hydrogen-bond donors (Lipinski definition) is 1. The number of benzene rings is 1. The summed E-state index contributed by atoms with van der Waals surface area (Å²) >= 11 is 6.23. The van der Waals surface area contributed by atoms with Crippen LogP contribution in [0.3, 0.4) is 0 Å². The number of piperidine rings is 1. The molecule has 1 saturated heterocycles. The number of nitrogens with zero attached hydrogens (tertiary/aromatic N) is 1. The van der Waals surface area contributed by atoms with Gasteiger partial charge in [0.25, 0.3) is 0 Å². The summed E-state index contributed by atoms with van der Waals surface area (Å²) in [6.07, 6.45) is 3.62. The zero-order valence-corrected chi connectivity index (χ0v) is 17.8. The molecule has 1 aromatic carbocycles. The van der Waals surface area contributed by atoms with Crippen molar-refractivity contribution in [3.8, 4) is 0 Å². The molecule has 0 spiro atoms. The Balaban J connectivity index is 1.74. The second-order valence-corrected chi connectivity index (χ2v) is 9.18. The minimum absolute atomic E-state index is 0.164. The van der Waals surface area contributed by atoms with E-state index in [4.69, 9.17) is 26.8 Å². The number of ether oxygens (including phenoxy) is 2. The summed E-state index contributed by atoms with van der Waals surface area (Å²) in [6.45, 7) is 7.38. The maximum absolute atomic E-state index is 12.6. The van der Waals surface area contributed by atoms with E-state index in [1.165, 1.54) is 5.57 Å². The van der Waals surface area contributed by atoms with Gasteiger partial charge in [-0.15, -0.1) is 0 Å². The van der Waals surface area contributed by atoms with Gasteiger partial charge in [0.05, 0.1) is 12.7 Å². The maximum Gasteiger partial charge on any atom is 0.410 e. The van der Waals surface area contributed by atoms with Crippen molar-refractivity contribution in [3.63, 3.8) is 0 Å². The fraction of sp³-hybridized carbons (Fsp3) is 0.591. The number of carbonyl (C=O) groups excluding carboxylic acids is 1. The summed E-state index contributed by atoms with van der Waals surface area (Å²) in [7, 11) is 0. The highest BCUT2D eigenvalue weighted by Gasteiger charge is 2.33. The molecule has 1 aromatic rings. The van der Waals surface area contributed by atoms with Crippen LogP contribution in [0.2, 0.25) is 5.02 Å². The maximum atomic E-state index is 12.6. The van der Waals surface area contributed by atoms with Gasteiger partial charge in [0, 0.05) is 29.7 Å². The standard InChI is InChI=1S/C22H31ClN2O3/c1-22(2,3)28-21(26)25-11-5-7-17(13-25)20(16-6-4-8-18(23)12-16)27-14-19(24)15-9-10-15/h4,6,8,12,17,20H,5,7,9-11,13-14,24H2,1-3H3. The quantitative estimate of drug-likeness (QED) is 0.742. The Bertz CT molecular complexity index is 736. The second kappa shape index (κ2) is 8.75. The fourth-order valence-corrected chi connectivity index (χ4v) is 3.80. The first-order chi connectivity index (χ1) is 13.2. The largest absolute Gasteiger partial charge is 0.444 e. The minimum Gasteiger partial charge on any atom is -0.444 e. The van der Waals surface area contributed by atoms with Gasteiger partial charge in [-0.25, -0.2) is 4.79 Å². The van der Waals surface area contributed by atoms with Crippen molar-refractivity contribution in [2.24, 2.45) is 11.7 Å². The molecule has 2 atom stereocenters. The Kier molecular flexibility index (Phi) is 6.56. The molecule has 154 valence electrons. The summed E-state index contributed by atoms with van der Waals surface area (Å²) < 4.78 is 11.9. The monoisotopic (exact) mass is 406 g/mol. The lowest BCUT2D eigenvalue weighted by Crippen LogP contribution is -2.44. The van der Waals surface area contributed by atoms with E-state index in [9.17, 15) is 4.79 Å². The number of halogens is 1. The van der Waals surface area contributed by atoms with E-state index < -0.39 is 5.60 Å². The molecule has 3 rings (SSSR count). The molecule has 2 N–H and O–H groups in total. The van der Waals surface area contributed by atoms with Crippen molar-refractivity contribution in [2.45, 2.75) is 58.2 Å². The van der Waals surface area contributed by atoms with E-state index in [2.05, 4.69) is 0 Å². The Labute approximate surface area is 172 Å². The summed E-state index contributed by atoms with van der Waals surface area (Å²) in [5, 5.41) is 0.680. The summed E-state index contributed by atoms with van der Waals surface area (Å²) in [5.41, 5.74) is 8.81. The van der Waals surface area contributed by atoms with Crippen LogP contribution in [-0.2, 0) is 9.47 Å². The Morgan fingerprint density at radius 2 is 2.11 bits per heavy atom. The summed E-state index contributed by atoms with van der Waals surface area (Å²) in [6, 6.07) is 7.77. The highest BCUT2D eigenvalue weighted by Crippen LogP contribution is 2.36. The van der Waals surface area contributed by atoms with Crippen LogP contribution in [0.15, 0.2) is 35.5 Å². The number of likely N-dealkylation sites (tertiary alicyclic amines) is 1. The number of allylic oxidation sites excluding steroid dienone is 1. The number of carbonyl (C=O) groups is 1. The van der Waals surface area contributed by atoms with Crippen molar-refractivity contribution < 1.29 is 14.3 Å². The van der Waals surface area contributed by atoms with Crippen LogP contribution in [0.4, 0.5) is 4.79 Å². The predicted molar refractivity (Wildman–Crippen MR) is 111 cm³/mol. The van der Waals surface area contributed by atoms with Crippen LogP contribution in [0.25, 0.3) is 0 Å². The van der Waals surface area contributed by atoms with Gasteiger partial charge in [0.15, 0.2) is 0 Å². The second-order valence-electron chi connectivity index (χ2n) is 8.74. The normalized spacial score (nSPS) is 20.6.